The summed E-state index contributed by atoms with van der Waals surface area (Å²) in [6, 6.07) is 0. The van der Waals surface area contributed by atoms with Crippen molar-refractivity contribution in [1.29, 1.82) is 0 Å². The molecule has 10 fully saturated rings. The number of ether oxygens (including phenoxy) is 9. The Morgan fingerprint density at radius 3 is 2.40 bits per heavy atom. The quantitative estimate of drug-likeness (QED) is 0.313. The number of aliphatic hydroxyl groups is 1. The highest BCUT2D eigenvalue weighted by Crippen LogP contribution is 2.54. The molecule has 10 rings (SSSR count). The summed E-state index contributed by atoms with van der Waals surface area (Å²) >= 11 is 0. The second-order valence-corrected chi connectivity index (χ2v) is 17.8. The number of methoxy groups -OCH3 is 1. The molecule has 10 aliphatic heterocycles. The standard InChI is InChI=1S/C41H61NO11/c1-20-13-25-6-8-28-21(2)14-26(46-28)11-12-41-17-34-37(52-41)38-39(51-34)40(53-41)36-30(50-38)10-9-29(49-36)23(19-43)5-7-27-32(16-31(47-25)22(20)3)48-33(35(27)45-4)15-24(44)18-42/h19-20,23-40,44H,2-3,5-18,42H2,1,4H3/t20-,23-,24?,25+,26?,27?,28?,29?,30?,31?,32+,33?,34-,35-,36+,37?,38+,39?,40?,41+/m1/s1. The second kappa shape index (κ2) is 14.9. The lowest BCUT2D eigenvalue weighted by atomic mass is 9.80. The molecule has 0 amide bonds. The molecule has 0 radical (unpaired) electrons. The van der Waals surface area contributed by atoms with Crippen LogP contribution in [0.15, 0.2) is 24.3 Å². The highest BCUT2D eigenvalue weighted by Gasteiger charge is 2.69. The molecule has 10 saturated heterocycles. The van der Waals surface area contributed by atoms with Gasteiger partial charge in [-0.25, -0.2) is 0 Å². The number of hydrogen-bond acceptors (Lipinski definition) is 12. The number of hydrogen-bond donors (Lipinski definition) is 2. The molecule has 1 spiro atoms. The van der Waals surface area contributed by atoms with Crippen molar-refractivity contribution < 1.29 is 52.5 Å². The highest BCUT2D eigenvalue weighted by atomic mass is 16.8. The molecule has 11 unspecified atom stereocenters. The van der Waals surface area contributed by atoms with Crippen LogP contribution in [0.5, 0.6) is 0 Å². The van der Waals surface area contributed by atoms with Gasteiger partial charge >= 0.3 is 0 Å². The molecule has 12 nitrogen and oxygen atoms in total. The summed E-state index contributed by atoms with van der Waals surface area (Å²) in [7, 11) is 1.71. The topological polar surface area (TPSA) is 146 Å². The Labute approximate surface area is 313 Å². The van der Waals surface area contributed by atoms with Crippen LogP contribution in [0.4, 0.5) is 0 Å². The fourth-order valence-electron chi connectivity index (χ4n) is 11.6. The van der Waals surface area contributed by atoms with E-state index in [-0.39, 0.29) is 110 Å². The number of aliphatic hydroxyl groups excluding tert-OH is 1. The molecule has 296 valence electrons. The zero-order chi connectivity index (χ0) is 36.6. The van der Waals surface area contributed by atoms with Crippen molar-refractivity contribution >= 4 is 6.29 Å². The van der Waals surface area contributed by atoms with Gasteiger partial charge in [0.2, 0.25) is 0 Å². The molecule has 20 atom stereocenters. The predicted molar refractivity (Wildman–Crippen MR) is 191 cm³/mol. The molecule has 10 aliphatic rings. The van der Waals surface area contributed by atoms with E-state index in [0.717, 1.165) is 62.4 Å². The SMILES string of the molecule is C=C1CC2CC[C@@]34C[C@H]5OC6C(O3)[C@H]3OC(CCC3O[C@H]6C5O4)[C@@H](C=O)CCC3[C@@H](OC)C(CC(O)CN)O[C@H]3CC3O[C@@H](CCC1O2)C[C@@H](C)C3=C. The number of aldehydes is 1. The first-order valence-electron chi connectivity index (χ1n) is 20.7. The van der Waals surface area contributed by atoms with Crippen molar-refractivity contribution in [2.24, 2.45) is 23.5 Å². The van der Waals surface area contributed by atoms with Gasteiger partial charge in [0.15, 0.2) is 5.79 Å². The summed E-state index contributed by atoms with van der Waals surface area (Å²) in [6.07, 6.45) is 7.15. The van der Waals surface area contributed by atoms with E-state index >= 15 is 0 Å². The van der Waals surface area contributed by atoms with Gasteiger partial charge in [-0.05, 0) is 74.9 Å². The molecular weight excluding hydrogens is 682 g/mol. The molecule has 0 aromatic rings. The van der Waals surface area contributed by atoms with Crippen LogP contribution in [-0.2, 0) is 47.4 Å². The summed E-state index contributed by atoms with van der Waals surface area (Å²) < 4.78 is 60.5. The number of nitrogens with two attached hydrogens (primary N) is 1. The molecule has 10 heterocycles. The van der Waals surface area contributed by atoms with Crippen LogP contribution in [0.3, 0.4) is 0 Å². The number of carbonyl (C=O) groups excluding carboxylic acids is 1. The van der Waals surface area contributed by atoms with Crippen LogP contribution in [0.2, 0.25) is 0 Å². The first-order valence-corrected chi connectivity index (χ1v) is 20.7. The van der Waals surface area contributed by atoms with Gasteiger partial charge < -0.3 is 58.3 Å². The fraction of sp³-hybridized carbons (Fsp3) is 0.878. The maximum absolute atomic E-state index is 12.9. The Kier molecular flexibility index (Phi) is 10.5. The first kappa shape index (κ1) is 37.3. The Morgan fingerprint density at radius 1 is 0.830 bits per heavy atom. The first-order chi connectivity index (χ1) is 25.7. The summed E-state index contributed by atoms with van der Waals surface area (Å²) in [6.45, 7) is 11.3. The fourth-order valence-corrected chi connectivity index (χ4v) is 11.6. The average Bonchev–Trinajstić information content (AvgIpc) is 3.83. The minimum atomic E-state index is -0.786. The number of rotatable bonds is 5. The summed E-state index contributed by atoms with van der Waals surface area (Å²) in [5.74, 6) is -0.837. The molecule has 3 N–H and O–H groups in total. The summed E-state index contributed by atoms with van der Waals surface area (Å²) in [5.41, 5.74) is 8.08. The molecule has 0 saturated carbocycles. The van der Waals surface area contributed by atoms with Crippen LogP contribution < -0.4 is 5.73 Å². The lowest BCUT2D eigenvalue weighted by Crippen LogP contribution is -2.62. The Balaban J connectivity index is 1.00. The average molecular weight is 744 g/mol. The zero-order valence-electron chi connectivity index (χ0n) is 31.5. The highest BCUT2D eigenvalue weighted by molar-refractivity contribution is 5.54. The van der Waals surface area contributed by atoms with Gasteiger partial charge in [-0.2, -0.15) is 0 Å². The third-order valence-electron chi connectivity index (χ3n) is 14.5. The number of fused-ring (bicyclic) bond motifs is 6. The Bertz CT molecular complexity index is 1380. The Hall–Kier alpha value is -1.29. The van der Waals surface area contributed by atoms with Crippen molar-refractivity contribution in [2.45, 2.75) is 194 Å². The molecule has 0 aromatic heterocycles. The van der Waals surface area contributed by atoms with E-state index in [1.807, 2.05) is 0 Å². The number of carbonyl (C=O) groups is 1. The predicted octanol–water partition coefficient (Wildman–Crippen LogP) is 3.68. The summed E-state index contributed by atoms with van der Waals surface area (Å²) in [5, 5.41) is 10.6. The summed E-state index contributed by atoms with van der Waals surface area (Å²) in [4.78, 5) is 12.9. The van der Waals surface area contributed by atoms with Gasteiger partial charge in [0.05, 0.1) is 67.1 Å². The molecule has 0 aromatic carbocycles. The molecule has 0 aliphatic carbocycles. The lowest BCUT2D eigenvalue weighted by Gasteiger charge is -2.48. The van der Waals surface area contributed by atoms with Crippen molar-refractivity contribution in [3.8, 4) is 0 Å². The van der Waals surface area contributed by atoms with Crippen molar-refractivity contribution in [3.63, 3.8) is 0 Å². The molecular formula is C41H61NO11. The van der Waals surface area contributed by atoms with Crippen LogP contribution in [0.25, 0.3) is 0 Å². The normalized spacial score (nSPS) is 52.9. The van der Waals surface area contributed by atoms with Crippen LogP contribution in [0.1, 0.15) is 90.4 Å². The van der Waals surface area contributed by atoms with Gasteiger partial charge in [-0.1, -0.05) is 20.1 Å². The molecule has 53 heavy (non-hydrogen) atoms. The minimum absolute atomic E-state index is 0.00673. The van der Waals surface area contributed by atoms with E-state index in [4.69, 9.17) is 48.4 Å². The lowest BCUT2D eigenvalue weighted by molar-refractivity contribution is -0.295. The van der Waals surface area contributed by atoms with Gasteiger partial charge in [-0.15, -0.1) is 0 Å². The zero-order valence-corrected chi connectivity index (χ0v) is 31.5. The van der Waals surface area contributed by atoms with E-state index in [9.17, 15) is 9.90 Å². The van der Waals surface area contributed by atoms with E-state index in [2.05, 4.69) is 20.1 Å². The van der Waals surface area contributed by atoms with Gasteiger partial charge in [0.1, 0.15) is 36.8 Å². The van der Waals surface area contributed by atoms with E-state index in [1.54, 1.807) is 7.11 Å². The van der Waals surface area contributed by atoms with E-state index < -0.39 is 11.9 Å². The molecule has 12 bridgehead atoms. The third-order valence-corrected chi connectivity index (χ3v) is 14.5. The van der Waals surface area contributed by atoms with E-state index in [1.165, 1.54) is 0 Å². The second-order valence-electron chi connectivity index (χ2n) is 17.8. The monoisotopic (exact) mass is 743 g/mol. The van der Waals surface area contributed by atoms with Gasteiger partial charge in [0.25, 0.3) is 0 Å². The maximum Gasteiger partial charge on any atom is 0.172 e. The van der Waals surface area contributed by atoms with Crippen molar-refractivity contribution in [3.05, 3.63) is 24.3 Å². The Morgan fingerprint density at radius 2 is 1.58 bits per heavy atom. The molecule has 12 heteroatoms. The third kappa shape index (κ3) is 6.83. The largest absolute Gasteiger partial charge is 0.392 e. The van der Waals surface area contributed by atoms with E-state index in [0.29, 0.717) is 44.4 Å². The van der Waals surface area contributed by atoms with Crippen LogP contribution in [0, 0.1) is 17.8 Å². The van der Waals surface area contributed by atoms with Crippen molar-refractivity contribution in [2.75, 3.05) is 13.7 Å². The van der Waals surface area contributed by atoms with Crippen LogP contribution in [-0.4, -0.2) is 128 Å². The minimum Gasteiger partial charge on any atom is -0.392 e. The van der Waals surface area contributed by atoms with Gasteiger partial charge in [0, 0.05) is 51.2 Å². The smallest absolute Gasteiger partial charge is 0.172 e. The van der Waals surface area contributed by atoms with Crippen LogP contribution >= 0.6 is 0 Å². The van der Waals surface area contributed by atoms with Crippen molar-refractivity contribution in [1.82, 2.24) is 0 Å². The maximum atomic E-state index is 12.9. The van der Waals surface area contributed by atoms with Gasteiger partial charge in [-0.3, -0.25) is 0 Å².